The normalized spacial score (nSPS) is 23.9. The number of ether oxygens (including phenoxy) is 1. The molecule has 5 nitrogen and oxygen atoms in total. The summed E-state index contributed by atoms with van der Waals surface area (Å²) in [5.74, 6) is 0.811. The summed E-state index contributed by atoms with van der Waals surface area (Å²) in [6, 6.07) is 5.29. The van der Waals surface area contributed by atoms with Crippen molar-refractivity contribution in [2.45, 2.75) is 25.3 Å². The summed E-state index contributed by atoms with van der Waals surface area (Å²) in [6.07, 6.45) is 1.99. The van der Waals surface area contributed by atoms with Gasteiger partial charge >= 0.3 is 0 Å². The Morgan fingerprint density at radius 2 is 2.22 bits per heavy atom. The fourth-order valence-corrected chi connectivity index (χ4v) is 3.88. The van der Waals surface area contributed by atoms with Crippen molar-refractivity contribution in [2.75, 3.05) is 27.2 Å². The van der Waals surface area contributed by atoms with Crippen LogP contribution in [0.3, 0.4) is 0 Å². The number of hydrogen-bond acceptors (Lipinski definition) is 3. The van der Waals surface area contributed by atoms with Crippen LogP contribution in [0.5, 0.6) is 5.75 Å². The predicted molar refractivity (Wildman–Crippen MR) is 87.6 cm³/mol. The monoisotopic (exact) mass is 336 g/mol. The molecule has 0 saturated carbocycles. The van der Waals surface area contributed by atoms with Gasteiger partial charge in [-0.05, 0) is 31.0 Å². The summed E-state index contributed by atoms with van der Waals surface area (Å²) >= 11 is 6.04. The molecule has 2 amide bonds. The highest BCUT2D eigenvalue weighted by Gasteiger charge is 2.45. The molecule has 124 valence electrons. The van der Waals surface area contributed by atoms with Crippen molar-refractivity contribution in [2.24, 2.45) is 5.92 Å². The number of likely N-dealkylation sites (tertiary alicyclic amines) is 2. The van der Waals surface area contributed by atoms with Gasteiger partial charge in [0, 0.05) is 30.7 Å². The first-order valence-corrected chi connectivity index (χ1v) is 8.26. The van der Waals surface area contributed by atoms with Crippen LogP contribution in [0, 0.1) is 5.92 Å². The summed E-state index contributed by atoms with van der Waals surface area (Å²) in [5.41, 5.74) is 0.782. The summed E-state index contributed by atoms with van der Waals surface area (Å²) in [7, 11) is 3.39. The van der Waals surface area contributed by atoms with Crippen LogP contribution < -0.4 is 4.74 Å². The molecule has 0 spiro atoms. The van der Waals surface area contributed by atoms with Gasteiger partial charge in [-0.3, -0.25) is 9.59 Å². The lowest BCUT2D eigenvalue weighted by Gasteiger charge is -2.36. The zero-order valence-electron chi connectivity index (χ0n) is 13.4. The third-order valence-corrected chi connectivity index (χ3v) is 5.07. The van der Waals surface area contributed by atoms with Crippen LogP contribution in [-0.2, 0) is 16.0 Å². The lowest BCUT2D eigenvalue weighted by Crippen LogP contribution is -2.49. The quantitative estimate of drug-likeness (QED) is 0.848. The minimum absolute atomic E-state index is 0.000992. The molecule has 2 aliphatic heterocycles. The van der Waals surface area contributed by atoms with Crippen molar-refractivity contribution >= 4 is 23.4 Å². The Labute approximate surface area is 141 Å². The second-order valence-electron chi connectivity index (χ2n) is 6.25. The molecule has 2 atom stereocenters. The van der Waals surface area contributed by atoms with Crippen LogP contribution in [0.1, 0.15) is 18.4 Å². The summed E-state index contributed by atoms with van der Waals surface area (Å²) in [5, 5.41) is 0.584. The number of likely N-dealkylation sites (N-methyl/N-ethyl adjacent to an activating group) is 1. The van der Waals surface area contributed by atoms with Crippen LogP contribution in [0.4, 0.5) is 0 Å². The molecule has 2 aliphatic rings. The molecule has 0 unspecified atom stereocenters. The van der Waals surface area contributed by atoms with E-state index >= 15 is 0 Å². The van der Waals surface area contributed by atoms with Crippen molar-refractivity contribution in [3.63, 3.8) is 0 Å². The molecule has 0 radical (unpaired) electrons. The Hall–Kier alpha value is -1.75. The number of fused-ring (bicyclic) bond motifs is 1. The smallest absolute Gasteiger partial charge is 0.227 e. The van der Waals surface area contributed by atoms with E-state index in [1.807, 2.05) is 11.9 Å². The van der Waals surface area contributed by atoms with Gasteiger partial charge in [-0.1, -0.05) is 11.6 Å². The Morgan fingerprint density at radius 1 is 1.43 bits per heavy atom. The molecule has 0 bridgehead atoms. The van der Waals surface area contributed by atoms with Crippen molar-refractivity contribution < 1.29 is 14.3 Å². The number of halogens is 1. The SMILES string of the molecule is COc1ccc(Cl)cc1CC(=O)N1CCC[C@H]2C(=O)N(C)C[C@H]21. The van der Waals surface area contributed by atoms with Gasteiger partial charge < -0.3 is 14.5 Å². The molecular weight excluding hydrogens is 316 g/mol. The van der Waals surface area contributed by atoms with Gasteiger partial charge in [0.25, 0.3) is 0 Å². The number of rotatable bonds is 3. The third kappa shape index (κ3) is 3.02. The maximum atomic E-state index is 12.8. The fraction of sp³-hybridized carbons (Fsp3) is 0.529. The number of piperidine rings is 1. The Bertz CT molecular complexity index is 634. The maximum absolute atomic E-state index is 12.8. The fourth-order valence-electron chi connectivity index (χ4n) is 3.68. The van der Waals surface area contributed by atoms with Crippen LogP contribution in [0.25, 0.3) is 0 Å². The van der Waals surface area contributed by atoms with Crippen molar-refractivity contribution in [1.29, 1.82) is 0 Å². The molecule has 1 aromatic rings. The largest absolute Gasteiger partial charge is 0.496 e. The molecule has 6 heteroatoms. The highest BCUT2D eigenvalue weighted by atomic mass is 35.5. The highest BCUT2D eigenvalue weighted by Crippen LogP contribution is 2.32. The minimum atomic E-state index is -0.0426. The minimum Gasteiger partial charge on any atom is -0.496 e. The summed E-state index contributed by atoms with van der Waals surface area (Å²) < 4.78 is 5.32. The molecule has 0 aliphatic carbocycles. The van der Waals surface area contributed by atoms with E-state index < -0.39 is 0 Å². The van der Waals surface area contributed by atoms with Gasteiger partial charge in [0.05, 0.1) is 25.5 Å². The van der Waals surface area contributed by atoms with Crippen LogP contribution >= 0.6 is 11.6 Å². The van der Waals surface area contributed by atoms with E-state index in [-0.39, 0.29) is 30.2 Å². The molecule has 1 aromatic carbocycles. The van der Waals surface area contributed by atoms with Gasteiger partial charge in [-0.2, -0.15) is 0 Å². The predicted octanol–water partition coefficient (Wildman–Crippen LogP) is 1.97. The van der Waals surface area contributed by atoms with E-state index in [9.17, 15) is 9.59 Å². The Balaban J connectivity index is 1.78. The Morgan fingerprint density at radius 3 is 2.96 bits per heavy atom. The second-order valence-corrected chi connectivity index (χ2v) is 6.69. The number of methoxy groups -OCH3 is 1. The second kappa shape index (κ2) is 6.40. The van der Waals surface area contributed by atoms with Gasteiger partial charge in [-0.15, -0.1) is 0 Å². The van der Waals surface area contributed by atoms with E-state index in [0.29, 0.717) is 23.9 Å². The molecule has 0 N–H and O–H groups in total. The summed E-state index contributed by atoms with van der Waals surface area (Å²) in [4.78, 5) is 28.6. The van der Waals surface area contributed by atoms with Gasteiger partial charge in [0.1, 0.15) is 5.75 Å². The van der Waals surface area contributed by atoms with Crippen molar-refractivity contribution in [1.82, 2.24) is 9.80 Å². The molecule has 2 saturated heterocycles. The number of nitrogens with zero attached hydrogens (tertiary/aromatic N) is 2. The first-order valence-electron chi connectivity index (χ1n) is 7.88. The van der Waals surface area contributed by atoms with E-state index in [1.54, 1.807) is 30.2 Å². The highest BCUT2D eigenvalue weighted by molar-refractivity contribution is 6.30. The molecule has 23 heavy (non-hydrogen) atoms. The molecule has 2 fully saturated rings. The average Bonchev–Trinajstić information content (AvgIpc) is 2.82. The van der Waals surface area contributed by atoms with Crippen molar-refractivity contribution in [3.05, 3.63) is 28.8 Å². The number of carbonyl (C=O) groups is 2. The van der Waals surface area contributed by atoms with Crippen LogP contribution in [-0.4, -0.2) is 54.9 Å². The summed E-state index contributed by atoms with van der Waals surface area (Å²) in [6.45, 7) is 1.34. The number of amides is 2. The van der Waals surface area contributed by atoms with Gasteiger partial charge in [0.15, 0.2) is 0 Å². The number of hydrogen-bond donors (Lipinski definition) is 0. The molecule has 0 aromatic heterocycles. The molecule has 2 heterocycles. The van der Waals surface area contributed by atoms with E-state index in [0.717, 1.165) is 18.4 Å². The van der Waals surface area contributed by atoms with Crippen LogP contribution in [0.15, 0.2) is 18.2 Å². The van der Waals surface area contributed by atoms with Gasteiger partial charge in [0.2, 0.25) is 11.8 Å². The van der Waals surface area contributed by atoms with Crippen LogP contribution in [0.2, 0.25) is 5.02 Å². The first kappa shape index (κ1) is 16.1. The van der Waals surface area contributed by atoms with Crippen molar-refractivity contribution in [3.8, 4) is 5.75 Å². The van der Waals surface area contributed by atoms with Gasteiger partial charge in [-0.25, -0.2) is 0 Å². The maximum Gasteiger partial charge on any atom is 0.227 e. The average molecular weight is 337 g/mol. The van der Waals surface area contributed by atoms with E-state index in [2.05, 4.69) is 0 Å². The molecular formula is C17H21ClN2O3. The Kier molecular flexibility index (Phi) is 4.48. The first-order chi connectivity index (χ1) is 11.0. The lowest BCUT2D eigenvalue weighted by molar-refractivity contribution is -0.136. The number of benzene rings is 1. The van der Waals surface area contributed by atoms with E-state index in [4.69, 9.17) is 16.3 Å². The third-order valence-electron chi connectivity index (χ3n) is 4.84. The zero-order valence-corrected chi connectivity index (χ0v) is 14.2. The standard InChI is InChI=1S/C17H21ClN2O3/c1-19-10-14-13(17(19)22)4-3-7-20(14)16(21)9-11-8-12(18)5-6-15(11)23-2/h5-6,8,13-14H,3-4,7,9-10H2,1-2H3/t13-,14-/m1/s1. The van der Waals surface area contributed by atoms with E-state index in [1.165, 1.54) is 0 Å². The topological polar surface area (TPSA) is 49.9 Å². The molecule has 3 rings (SSSR count). The number of carbonyl (C=O) groups excluding carboxylic acids is 2. The lowest BCUT2D eigenvalue weighted by atomic mass is 9.91. The zero-order chi connectivity index (χ0) is 16.6.